The number of aromatic carboxylic acids is 1. The molecule has 0 saturated heterocycles. The Balaban J connectivity index is 2.07. The lowest BCUT2D eigenvalue weighted by Gasteiger charge is -2.05. The number of imidazole rings is 1. The summed E-state index contributed by atoms with van der Waals surface area (Å²) in [5.41, 5.74) is 0.160. The van der Waals surface area contributed by atoms with Crippen molar-refractivity contribution in [1.29, 1.82) is 0 Å². The van der Waals surface area contributed by atoms with E-state index >= 15 is 0 Å². The zero-order valence-electron chi connectivity index (χ0n) is 12.9. The summed E-state index contributed by atoms with van der Waals surface area (Å²) in [7, 11) is -2.19. The fourth-order valence-corrected chi connectivity index (χ4v) is 3.72. The molecule has 2 aromatic heterocycles. The first-order chi connectivity index (χ1) is 10.8. The van der Waals surface area contributed by atoms with Gasteiger partial charge in [0.05, 0.1) is 17.5 Å². The van der Waals surface area contributed by atoms with Crippen LogP contribution in [-0.4, -0.2) is 44.6 Å². The molecule has 124 valence electrons. The largest absolute Gasteiger partial charge is 0.476 e. The van der Waals surface area contributed by atoms with Crippen LogP contribution in [0.15, 0.2) is 17.4 Å². The SMILES string of the molecule is CCS(=O)(=O)c1c(C(=O)O)nc(-c2cnn(CC3CC3)c2)n1C. The number of carboxylic acids is 1. The van der Waals surface area contributed by atoms with E-state index in [9.17, 15) is 18.3 Å². The lowest BCUT2D eigenvalue weighted by molar-refractivity contribution is 0.0686. The number of carbonyl (C=O) groups is 1. The molecule has 23 heavy (non-hydrogen) atoms. The molecular formula is C14H18N4O4S. The minimum absolute atomic E-state index is 0.187. The fraction of sp³-hybridized carbons (Fsp3) is 0.500. The van der Waals surface area contributed by atoms with E-state index in [-0.39, 0.29) is 16.6 Å². The monoisotopic (exact) mass is 338 g/mol. The van der Waals surface area contributed by atoms with Crippen LogP contribution in [0, 0.1) is 5.92 Å². The van der Waals surface area contributed by atoms with E-state index < -0.39 is 21.5 Å². The number of hydrogen-bond donors (Lipinski definition) is 1. The van der Waals surface area contributed by atoms with Crippen LogP contribution in [-0.2, 0) is 23.4 Å². The summed E-state index contributed by atoms with van der Waals surface area (Å²) in [5, 5.41) is 13.3. The number of rotatable bonds is 6. The summed E-state index contributed by atoms with van der Waals surface area (Å²) < 4.78 is 27.5. The van der Waals surface area contributed by atoms with Crippen molar-refractivity contribution in [2.75, 3.05) is 5.75 Å². The average molecular weight is 338 g/mol. The first-order valence-electron chi connectivity index (χ1n) is 7.39. The summed E-state index contributed by atoms with van der Waals surface area (Å²) in [6.07, 6.45) is 5.74. The molecule has 8 nitrogen and oxygen atoms in total. The predicted octanol–water partition coefficient (Wildman–Crippen LogP) is 1.19. The van der Waals surface area contributed by atoms with Crippen LogP contribution in [0.3, 0.4) is 0 Å². The molecule has 0 unspecified atom stereocenters. The van der Waals surface area contributed by atoms with Crippen LogP contribution in [0.2, 0.25) is 0 Å². The van der Waals surface area contributed by atoms with Crippen molar-refractivity contribution < 1.29 is 18.3 Å². The Labute approximate surface area is 133 Å². The standard InChI is InChI=1S/C14H18N4O4S/c1-3-23(21,22)13-11(14(19)20)16-12(17(13)2)10-6-15-18(8-10)7-9-4-5-9/h6,8-9H,3-5,7H2,1-2H3,(H,19,20). The first-order valence-corrected chi connectivity index (χ1v) is 9.04. The molecule has 0 atom stereocenters. The molecule has 1 fully saturated rings. The fourth-order valence-electron chi connectivity index (χ4n) is 2.52. The van der Waals surface area contributed by atoms with Gasteiger partial charge in [-0.15, -0.1) is 0 Å². The van der Waals surface area contributed by atoms with Gasteiger partial charge in [0.25, 0.3) is 0 Å². The van der Waals surface area contributed by atoms with Crippen LogP contribution < -0.4 is 0 Å². The molecule has 0 bridgehead atoms. The second-order valence-electron chi connectivity index (χ2n) is 5.75. The Morgan fingerprint density at radius 1 is 1.43 bits per heavy atom. The highest BCUT2D eigenvalue weighted by molar-refractivity contribution is 7.91. The number of hydrogen-bond acceptors (Lipinski definition) is 5. The molecule has 0 aliphatic heterocycles. The van der Waals surface area contributed by atoms with Crippen LogP contribution in [0.5, 0.6) is 0 Å². The molecule has 1 aliphatic carbocycles. The van der Waals surface area contributed by atoms with Crippen molar-refractivity contribution in [2.45, 2.75) is 31.3 Å². The summed E-state index contributed by atoms with van der Waals surface area (Å²) in [6.45, 7) is 2.29. The van der Waals surface area contributed by atoms with Gasteiger partial charge in [0.2, 0.25) is 0 Å². The Morgan fingerprint density at radius 2 is 2.13 bits per heavy atom. The molecule has 1 saturated carbocycles. The van der Waals surface area contributed by atoms with Gasteiger partial charge in [-0.1, -0.05) is 6.92 Å². The predicted molar refractivity (Wildman–Crippen MR) is 81.8 cm³/mol. The maximum Gasteiger partial charge on any atom is 0.357 e. The van der Waals surface area contributed by atoms with Crippen molar-refractivity contribution in [1.82, 2.24) is 19.3 Å². The van der Waals surface area contributed by atoms with Gasteiger partial charge in [-0.3, -0.25) is 4.68 Å². The van der Waals surface area contributed by atoms with Gasteiger partial charge in [-0.05, 0) is 18.8 Å². The van der Waals surface area contributed by atoms with E-state index in [1.165, 1.54) is 31.4 Å². The molecule has 0 amide bonds. The molecule has 9 heteroatoms. The van der Waals surface area contributed by atoms with E-state index in [0.29, 0.717) is 11.5 Å². The molecule has 3 rings (SSSR count). The lowest BCUT2D eigenvalue weighted by atomic mass is 10.3. The van der Waals surface area contributed by atoms with Crippen molar-refractivity contribution in [3.05, 3.63) is 18.1 Å². The zero-order valence-corrected chi connectivity index (χ0v) is 13.7. The Kier molecular flexibility index (Phi) is 3.75. The van der Waals surface area contributed by atoms with Crippen LogP contribution in [0.1, 0.15) is 30.3 Å². The average Bonchev–Trinajstić information content (AvgIpc) is 3.05. The smallest absolute Gasteiger partial charge is 0.357 e. The van der Waals surface area contributed by atoms with Gasteiger partial charge < -0.3 is 9.67 Å². The summed E-state index contributed by atoms with van der Waals surface area (Å²) in [5.74, 6) is -0.608. The van der Waals surface area contributed by atoms with E-state index in [1.807, 2.05) is 0 Å². The number of sulfone groups is 1. The topological polar surface area (TPSA) is 107 Å². The maximum atomic E-state index is 12.2. The van der Waals surface area contributed by atoms with E-state index in [2.05, 4.69) is 10.1 Å². The minimum Gasteiger partial charge on any atom is -0.476 e. The lowest BCUT2D eigenvalue weighted by Crippen LogP contribution is -2.14. The Bertz CT molecular complexity index is 861. The Morgan fingerprint density at radius 3 is 2.70 bits per heavy atom. The third kappa shape index (κ3) is 2.88. The zero-order chi connectivity index (χ0) is 16.8. The van der Waals surface area contributed by atoms with Crippen LogP contribution in [0.25, 0.3) is 11.4 Å². The highest BCUT2D eigenvalue weighted by Gasteiger charge is 2.30. The third-order valence-electron chi connectivity index (χ3n) is 3.95. The number of nitrogens with zero attached hydrogens (tertiary/aromatic N) is 4. The quantitative estimate of drug-likeness (QED) is 0.847. The van der Waals surface area contributed by atoms with Crippen molar-refractivity contribution in [3.63, 3.8) is 0 Å². The first kappa shape index (κ1) is 15.7. The second-order valence-corrected chi connectivity index (χ2v) is 7.94. The summed E-state index contributed by atoms with van der Waals surface area (Å²) >= 11 is 0. The van der Waals surface area contributed by atoms with E-state index in [4.69, 9.17) is 0 Å². The number of carboxylic acid groups (broad SMARTS) is 1. The molecule has 2 aromatic rings. The molecular weight excluding hydrogens is 320 g/mol. The second kappa shape index (κ2) is 5.48. The molecule has 0 spiro atoms. The van der Waals surface area contributed by atoms with Gasteiger partial charge in [0.15, 0.2) is 20.6 Å². The van der Waals surface area contributed by atoms with E-state index in [0.717, 1.165) is 6.54 Å². The molecule has 0 aromatic carbocycles. The van der Waals surface area contributed by atoms with Crippen LogP contribution in [0.4, 0.5) is 0 Å². The van der Waals surface area contributed by atoms with Gasteiger partial charge in [0.1, 0.15) is 5.82 Å². The summed E-state index contributed by atoms with van der Waals surface area (Å²) in [4.78, 5) is 15.4. The van der Waals surface area contributed by atoms with Gasteiger partial charge in [-0.25, -0.2) is 18.2 Å². The van der Waals surface area contributed by atoms with Crippen LogP contribution >= 0.6 is 0 Å². The molecule has 1 N–H and O–H groups in total. The molecule has 2 heterocycles. The third-order valence-corrected chi connectivity index (χ3v) is 5.77. The molecule has 0 radical (unpaired) electrons. The van der Waals surface area contributed by atoms with Gasteiger partial charge in [0, 0.05) is 19.8 Å². The molecule has 1 aliphatic rings. The Hall–Kier alpha value is -2.16. The van der Waals surface area contributed by atoms with Gasteiger partial charge in [-0.2, -0.15) is 5.10 Å². The van der Waals surface area contributed by atoms with Gasteiger partial charge >= 0.3 is 5.97 Å². The highest BCUT2D eigenvalue weighted by Crippen LogP contribution is 2.31. The maximum absolute atomic E-state index is 12.2. The van der Waals surface area contributed by atoms with Crippen molar-refractivity contribution in [3.8, 4) is 11.4 Å². The minimum atomic E-state index is -3.70. The highest BCUT2D eigenvalue weighted by atomic mass is 32.2. The van der Waals surface area contributed by atoms with Crippen molar-refractivity contribution >= 4 is 15.8 Å². The summed E-state index contributed by atoms with van der Waals surface area (Å²) in [6, 6.07) is 0. The van der Waals surface area contributed by atoms with Crippen molar-refractivity contribution in [2.24, 2.45) is 13.0 Å². The van der Waals surface area contributed by atoms with E-state index in [1.54, 1.807) is 17.1 Å². The number of aromatic nitrogens is 4. The normalized spacial score (nSPS) is 15.0.